The minimum Gasteiger partial charge on any atom is -0.466 e. The summed E-state index contributed by atoms with van der Waals surface area (Å²) in [7, 11) is 0. The standard InChI is InChI=1S/C10H11NO/c1-7(11)10-9-5-3-2-4-8(9)6-12-10/h2-7H,11H2,1H3. The van der Waals surface area contributed by atoms with Gasteiger partial charge in [-0.3, -0.25) is 0 Å². The highest BCUT2D eigenvalue weighted by atomic mass is 16.3. The van der Waals surface area contributed by atoms with Crippen molar-refractivity contribution in [1.29, 1.82) is 0 Å². The lowest BCUT2D eigenvalue weighted by Crippen LogP contribution is -2.03. The molecule has 0 bridgehead atoms. The van der Waals surface area contributed by atoms with Crippen molar-refractivity contribution in [3.63, 3.8) is 0 Å². The fourth-order valence-corrected chi connectivity index (χ4v) is 1.37. The van der Waals surface area contributed by atoms with E-state index >= 15 is 0 Å². The highest BCUT2D eigenvalue weighted by molar-refractivity contribution is 5.84. The highest BCUT2D eigenvalue weighted by Gasteiger charge is 2.08. The molecule has 2 nitrogen and oxygen atoms in total. The molecular formula is C10H11NO. The van der Waals surface area contributed by atoms with Crippen LogP contribution >= 0.6 is 0 Å². The summed E-state index contributed by atoms with van der Waals surface area (Å²) in [6, 6.07) is 7.99. The van der Waals surface area contributed by atoms with Gasteiger partial charge in [0.05, 0.1) is 12.3 Å². The summed E-state index contributed by atoms with van der Waals surface area (Å²) >= 11 is 0. The summed E-state index contributed by atoms with van der Waals surface area (Å²) in [5.74, 6) is 0.866. The number of furan rings is 1. The van der Waals surface area contributed by atoms with Crippen molar-refractivity contribution in [2.24, 2.45) is 5.73 Å². The van der Waals surface area contributed by atoms with Crippen molar-refractivity contribution in [3.8, 4) is 0 Å². The third-order valence-electron chi connectivity index (χ3n) is 1.95. The lowest BCUT2D eigenvalue weighted by atomic mass is 10.1. The van der Waals surface area contributed by atoms with Crippen LogP contribution in [-0.4, -0.2) is 0 Å². The molecule has 0 spiro atoms. The van der Waals surface area contributed by atoms with Gasteiger partial charge >= 0.3 is 0 Å². The minimum atomic E-state index is -0.0371. The Morgan fingerprint density at radius 3 is 2.83 bits per heavy atom. The van der Waals surface area contributed by atoms with Crippen LogP contribution in [0.4, 0.5) is 0 Å². The van der Waals surface area contributed by atoms with Crippen LogP contribution in [0.1, 0.15) is 18.7 Å². The molecular weight excluding hydrogens is 150 g/mol. The van der Waals surface area contributed by atoms with Gasteiger partial charge in [0.1, 0.15) is 5.76 Å². The molecule has 2 aromatic rings. The predicted octanol–water partition coefficient (Wildman–Crippen LogP) is 2.45. The first-order chi connectivity index (χ1) is 5.79. The van der Waals surface area contributed by atoms with E-state index in [1.165, 1.54) is 0 Å². The monoisotopic (exact) mass is 161 g/mol. The van der Waals surface area contributed by atoms with Gasteiger partial charge in [0.25, 0.3) is 0 Å². The Balaban J connectivity index is 2.70. The zero-order valence-electron chi connectivity index (χ0n) is 6.95. The van der Waals surface area contributed by atoms with Crippen LogP contribution < -0.4 is 5.73 Å². The van der Waals surface area contributed by atoms with Gasteiger partial charge in [0.2, 0.25) is 0 Å². The molecule has 0 aliphatic heterocycles. The number of hydrogen-bond donors (Lipinski definition) is 1. The van der Waals surface area contributed by atoms with Crippen molar-refractivity contribution >= 4 is 10.8 Å². The van der Waals surface area contributed by atoms with E-state index in [1.54, 1.807) is 6.26 Å². The van der Waals surface area contributed by atoms with Crippen LogP contribution in [-0.2, 0) is 0 Å². The van der Waals surface area contributed by atoms with Crippen LogP contribution in [0.3, 0.4) is 0 Å². The Morgan fingerprint density at radius 1 is 1.33 bits per heavy atom. The Kier molecular flexibility index (Phi) is 1.62. The molecule has 0 saturated carbocycles. The van der Waals surface area contributed by atoms with Crippen molar-refractivity contribution in [1.82, 2.24) is 0 Å². The zero-order chi connectivity index (χ0) is 8.55. The Bertz CT molecular complexity index is 389. The van der Waals surface area contributed by atoms with Gasteiger partial charge in [-0.15, -0.1) is 0 Å². The minimum absolute atomic E-state index is 0.0371. The second-order valence-corrected chi connectivity index (χ2v) is 2.98. The summed E-state index contributed by atoms with van der Waals surface area (Å²) < 4.78 is 5.35. The summed E-state index contributed by atoms with van der Waals surface area (Å²) in [5, 5.41) is 2.23. The number of rotatable bonds is 1. The quantitative estimate of drug-likeness (QED) is 0.697. The van der Waals surface area contributed by atoms with Gasteiger partial charge in [0, 0.05) is 10.8 Å². The van der Waals surface area contributed by atoms with E-state index in [0.717, 1.165) is 16.5 Å². The molecule has 1 aromatic carbocycles. The molecule has 2 N–H and O–H groups in total. The number of nitrogens with two attached hydrogens (primary N) is 1. The average Bonchev–Trinajstić information content (AvgIpc) is 2.47. The molecule has 1 unspecified atom stereocenters. The molecule has 0 radical (unpaired) electrons. The van der Waals surface area contributed by atoms with Crippen molar-refractivity contribution in [2.75, 3.05) is 0 Å². The van der Waals surface area contributed by atoms with Gasteiger partial charge < -0.3 is 10.2 Å². The average molecular weight is 161 g/mol. The molecule has 2 heteroatoms. The molecule has 0 saturated heterocycles. The van der Waals surface area contributed by atoms with E-state index in [1.807, 2.05) is 31.2 Å². The van der Waals surface area contributed by atoms with Gasteiger partial charge in [-0.25, -0.2) is 0 Å². The normalized spacial score (nSPS) is 13.5. The molecule has 1 heterocycles. The van der Waals surface area contributed by atoms with E-state index in [4.69, 9.17) is 10.2 Å². The van der Waals surface area contributed by atoms with E-state index in [0.29, 0.717) is 0 Å². The van der Waals surface area contributed by atoms with Crippen LogP contribution in [0.25, 0.3) is 10.8 Å². The van der Waals surface area contributed by atoms with Crippen LogP contribution in [0.15, 0.2) is 34.9 Å². The molecule has 1 atom stereocenters. The van der Waals surface area contributed by atoms with Crippen molar-refractivity contribution < 1.29 is 4.42 Å². The third-order valence-corrected chi connectivity index (χ3v) is 1.95. The Hall–Kier alpha value is -1.28. The molecule has 2 rings (SSSR count). The first-order valence-electron chi connectivity index (χ1n) is 4.01. The lowest BCUT2D eigenvalue weighted by Gasteiger charge is -1.99. The van der Waals surface area contributed by atoms with Gasteiger partial charge in [-0.1, -0.05) is 24.3 Å². The van der Waals surface area contributed by atoms with Gasteiger partial charge in [-0.2, -0.15) is 0 Å². The summed E-state index contributed by atoms with van der Waals surface area (Å²) in [5.41, 5.74) is 5.73. The maximum atomic E-state index is 5.73. The van der Waals surface area contributed by atoms with E-state index in [-0.39, 0.29) is 6.04 Å². The Morgan fingerprint density at radius 2 is 2.08 bits per heavy atom. The largest absolute Gasteiger partial charge is 0.466 e. The second-order valence-electron chi connectivity index (χ2n) is 2.98. The van der Waals surface area contributed by atoms with Crippen molar-refractivity contribution in [3.05, 3.63) is 36.3 Å². The molecule has 0 aliphatic rings. The number of hydrogen-bond acceptors (Lipinski definition) is 2. The summed E-state index contributed by atoms with van der Waals surface area (Å²) in [6.45, 7) is 1.92. The van der Waals surface area contributed by atoms with E-state index < -0.39 is 0 Å². The topological polar surface area (TPSA) is 39.2 Å². The predicted molar refractivity (Wildman–Crippen MR) is 48.8 cm³/mol. The maximum Gasteiger partial charge on any atom is 0.128 e. The first kappa shape index (κ1) is 7.37. The van der Waals surface area contributed by atoms with Gasteiger partial charge in [-0.05, 0) is 6.92 Å². The molecule has 0 amide bonds. The maximum absolute atomic E-state index is 5.73. The molecule has 0 fully saturated rings. The van der Waals surface area contributed by atoms with Crippen molar-refractivity contribution in [2.45, 2.75) is 13.0 Å². The fraction of sp³-hybridized carbons (Fsp3) is 0.200. The molecule has 62 valence electrons. The van der Waals surface area contributed by atoms with Crippen LogP contribution in [0.5, 0.6) is 0 Å². The highest BCUT2D eigenvalue weighted by Crippen LogP contribution is 2.24. The summed E-state index contributed by atoms with van der Waals surface area (Å²) in [6.07, 6.45) is 1.74. The Labute approximate surface area is 71.0 Å². The first-order valence-corrected chi connectivity index (χ1v) is 4.01. The van der Waals surface area contributed by atoms with E-state index in [2.05, 4.69) is 0 Å². The molecule has 12 heavy (non-hydrogen) atoms. The second kappa shape index (κ2) is 2.64. The number of fused-ring (bicyclic) bond motifs is 1. The summed E-state index contributed by atoms with van der Waals surface area (Å²) in [4.78, 5) is 0. The lowest BCUT2D eigenvalue weighted by molar-refractivity contribution is 0.485. The van der Waals surface area contributed by atoms with Gasteiger partial charge in [0.15, 0.2) is 0 Å². The zero-order valence-corrected chi connectivity index (χ0v) is 6.95. The SMILES string of the molecule is CC(N)c1occ2ccccc12. The third kappa shape index (κ3) is 1.01. The molecule has 1 aromatic heterocycles. The molecule has 0 aliphatic carbocycles. The van der Waals surface area contributed by atoms with Crippen LogP contribution in [0, 0.1) is 0 Å². The smallest absolute Gasteiger partial charge is 0.128 e. The fourth-order valence-electron chi connectivity index (χ4n) is 1.37. The van der Waals surface area contributed by atoms with E-state index in [9.17, 15) is 0 Å². The number of benzene rings is 1. The van der Waals surface area contributed by atoms with Crippen LogP contribution in [0.2, 0.25) is 0 Å².